The fourth-order valence-corrected chi connectivity index (χ4v) is 1.70. The van der Waals surface area contributed by atoms with E-state index in [0.29, 0.717) is 15.7 Å². The second kappa shape index (κ2) is 4.57. The zero-order valence-electron chi connectivity index (χ0n) is 7.70. The van der Waals surface area contributed by atoms with E-state index in [9.17, 15) is 4.79 Å². The van der Waals surface area contributed by atoms with Crippen LogP contribution in [0.15, 0.2) is 17.0 Å². The van der Waals surface area contributed by atoms with E-state index in [2.05, 4.69) is 17.4 Å². The lowest BCUT2D eigenvalue weighted by Gasteiger charge is -2.09. The summed E-state index contributed by atoms with van der Waals surface area (Å²) in [7, 11) is 2.75. The van der Waals surface area contributed by atoms with Gasteiger partial charge in [0.05, 0.1) is 14.2 Å². The zero-order valence-corrected chi connectivity index (χ0v) is 9.35. The normalized spacial score (nSPS) is 9.71. The van der Waals surface area contributed by atoms with Gasteiger partial charge < -0.3 is 9.47 Å². The molecule has 0 aliphatic carbocycles. The first kappa shape index (κ1) is 11.2. The van der Waals surface area contributed by atoms with Gasteiger partial charge in [-0.2, -0.15) is 0 Å². The van der Waals surface area contributed by atoms with Gasteiger partial charge in [0.1, 0.15) is 11.3 Å². The average molecular weight is 233 g/mol. The van der Waals surface area contributed by atoms with Crippen LogP contribution in [0.3, 0.4) is 0 Å². The Kier molecular flexibility index (Phi) is 3.66. The van der Waals surface area contributed by atoms with Crippen LogP contribution in [0.5, 0.6) is 5.75 Å². The van der Waals surface area contributed by atoms with Gasteiger partial charge in [-0.1, -0.05) is 11.6 Å². The van der Waals surface area contributed by atoms with E-state index in [-0.39, 0.29) is 5.56 Å². The molecule has 0 fully saturated rings. The first-order valence-electron chi connectivity index (χ1n) is 3.75. The predicted molar refractivity (Wildman–Crippen MR) is 56.6 cm³/mol. The molecule has 1 aromatic rings. The fraction of sp³-hybridized carbons (Fsp3) is 0.222. The SMILES string of the molecule is COC(=O)c1cc(Cl)cc(S)c1OC. The molecule has 0 aromatic heterocycles. The van der Waals surface area contributed by atoms with Crippen LogP contribution < -0.4 is 4.74 Å². The Morgan fingerprint density at radius 2 is 2.07 bits per heavy atom. The highest BCUT2D eigenvalue weighted by molar-refractivity contribution is 7.80. The van der Waals surface area contributed by atoms with Crippen molar-refractivity contribution in [1.29, 1.82) is 0 Å². The smallest absolute Gasteiger partial charge is 0.341 e. The van der Waals surface area contributed by atoms with Crippen molar-refractivity contribution in [3.05, 3.63) is 22.7 Å². The summed E-state index contributed by atoms with van der Waals surface area (Å²) >= 11 is 9.90. The highest BCUT2D eigenvalue weighted by Gasteiger charge is 2.16. The highest BCUT2D eigenvalue weighted by Crippen LogP contribution is 2.31. The Balaban J connectivity index is 3.32. The lowest BCUT2D eigenvalue weighted by Crippen LogP contribution is -2.04. The Hall–Kier alpha value is -0.870. The van der Waals surface area contributed by atoms with Crippen LogP contribution >= 0.6 is 24.2 Å². The van der Waals surface area contributed by atoms with E-state index in [1.807, 2.05) is 0 Å². The zero-order chi connectivity index (χ0) is 10.7. The third kappa shape index (κ3) is 2.13. The number of carbonyl (C=O) groups excluding carboxylic acids is 1. The molecule has 0 aliphatic heterocycles. The van der Waals surface area contributed by atoms with Gasteiger partial charge in [-0.15, -0.1) is 12.6 Å². The molecule has 0 saturated carbocycles. The van der Waals surface area contributed by atoms with E-state index < -0.39 is 5.97 Å². The summed E-state index contributed by atoms with van der Waals surface area (Å²) in [6.45, 7) is 0. The van der Waals surface area contributed by atoms with Gasteiger partial charge in [0.2, 0.25) is 0 Å². The Bertz CT molecular complexity index is 365. The third-order valence-corrected chi connectivity index (χ3v) is 2.19. The molecular formula is C9H9ClO3S. The minimum Gasteiger partial charge on any atom is -0.495 e. The molecule has 5 heteroatoms. The maximum absolute atomic E-state index is 11.3. The lowest BCUT2D eigenvalue weighted by atomic mass is 10.2. The molecule has 0 unspecified atom stereocenters. The molecule has 1 aromatic carbocycles. The van der Waals surface area contributed by atoms with Gasteiger partial charge in [-0.3, -0.25) is 0 Å². The van der Waals surface area contributed by atoms with Crippen molar-refractivity contribution in [2.24, 2.45) is 0 Å². The van der Waals surface area contributed by atoms with Crippen molar-refractivity contribution in [2.45, 2.75) is 4.90 Å². The maximum Gasteiger partial charge on any atom is 0.341 e. The van der Waals surface area contributed by atoms with Crippen molar-refractivity contribution in [1.82, 2.24) is 0 Å². The number of hydrogen-bond acceptors (Lipinski definition) is 4. The van der Waals surface area contributed by atoms with E-state index in [0.717, 1.165) is 0 Å². The van der Waals surface area contributed by atoms with Crippen molar-refractivity contribution >= 4 is 30.2 Å². The van der Waals surface area contributed by atoms with Gasteiger partial charge in [0.15, 0.2) is 0 Å². The fourth-order valence-electron chi connectivity index (χ4n) is 1.06. The number of rotatable bonds is 2. The van der Waals surface area contributed by atoms with Gasteiger partial charge >= 0.3 is 5.97 Å². The van der Waals surface area contributed by atoms with Gasteiger partial charge in [-0.05, 0) is 12.1 Å². The predicted octanol–water partition coefficient (Wildman–Crippen LogP) is 2.42. The molecule has 0 heterocycles. The maximum atomic E-state index is 11.3. The van der Waals surface area contributed by atoms with E-state index >= 15 is 0 Å². The summed E-state index contributed by atoms with van der Waals surface area (Å²) < 4.78 is 9.60. The van der Waals surface area contributed by atoms with Crippen LogP contribution in [0, 0.1) is 0 Å². The monoisotopic (exact) mass is 232 g/mol. The molecule has 0 atom stereocenters. The molecule has 14 heavy (non-hydrogen) atoms. The molecule has 3 nitrogen and oxygen atoms in total. The molecule has 76 valence electrons. The van der Waals surface area contributed by atoms with Crippen molar-refractivity contribution in [3.8, 4) is 5.75 Å². The van der Waals surface area contributed by atoms with Crippen LogP contribution in [0.2, 0.25) is 5.02 Å². The number of thiol groups is 1. The number of methoxy groups -OCH3 is 2. The topological polar surface area (TPSA) is 35.5 Å². The molecule has 0 aliphatic rings. The number of carbonyl (C=O) groups is 1. The van der Waals surface area contributed by atoms with E-state index in [1.54, 1.807) is 6.07 Å². The Labute approximate surface area is 92.4 Å². The average Bonchev–Trinajstić information content (AvgIpc) is 2.15. The first-order valence-corrected chi connectivity index (χ1v) is 4.57. The molecule has 1 rings (SSSR count). The minimum atomic E-state index is -0.500. The summed E-state index contributed by atoms with van der Waals surface area (Å²) in [6.07, 6.45) is 0. The number of esters is 1. The summed E-state index contributed by atoms with van der Waals surface area (Å²) in [5.41, 5.74) is 0.271. The van der Waals surface area contributed by atoms with E-state index in [1.165, 1.54) is 20.3 Å². The number of ether oxygens (including phenoxy) is 2. The second-order valence-electron chi connectivity index (χ2n) is 2.50. The van der Waals surface area contributed by atoms with Crippen LogP contribution in [-0.4, -0.2) is 20.2 Å². The first-order chi connectivity index (χ1) is 6.60. The molecule has 0 N–H and O–H groups in total. The summed E-state index contributed by atoms with van der Waals surface area (Å²) in [6, 6.07) is 3.07. The van der Waals surface area contributed by atoms with E-state index in [4.69, 9.17) is 16.3 Å². The van der Waals surface area contributed by atoms with Crippen molar-refractivity contribution in [2.75, 3.05) is 14.2 Å². The van der Waals surface area contributed by atoms with Gasteiger partial charge in [-0.25, -0.2) is 4.79 Å². The Morgan fingerprint density at radius 1 is 1.43 bits per heavy atom. The standard InChI is InChI=1S/C9H9ClO3S/c1-12-8-6(9(11)13-2)3-5(10)4-7(8)14/h3-4,14H,1-2H3. The highest BCUT2D eigenvalue weighted by atomic mass is 35.5. The quantitative estimate of drug-likeness (QED) is 0.628. The van der Waals surface area contributed by atoms with Crippen LogP contribution in [-0.2, 0) is 4.74 Å². The molecule has 0 saturated heterocycles. The van der Waals surface area contributed by atoms with Crippen LogP contribution in [0.1, 0.15) is 10.4 Å². The Morgan fingerprint density at radius 3 is 2.57 bits per heavy atom. The van der Waals surface area contributed by atoms with Crippen LogP contribution in [0.4, 0.5) is 0 Å². The molecule has 0 spiro atoms. The summed E-state index contributed by atoms with van der Waals surface area (Å²) in [4.78, 5) is 11.8. The lowest BCUT2D eigenvalue weighted by molar-refractivity contribution is 0.0596. The second-order valence-corrected chi connectivity index (χ2v) is 3.42. The largest absolute Gasteiger partial charge is 0.495 e. The minimum absolute atomic E-state index is 0.271. The molecule has 0 amide bonds. The van der Waals surface area contributed by atoms with Crippen LogP contribution in [0.25, 0.3) is 0 Å². The van der Waals surface area contributed by atoms with Gasteiger partial charge in [0.25, 0.3) is 0 Å². The van der Waals surface area contributed by atoms with Crippen molar-refractivity contribution < 1.29 is 14.3 Å². The van der Waals surface area contributed by atoms with Crippen molar-refractivity contribution in [3.63, 3.8) is 0 Å². The number of benzene rings is 1. The van der Waals surface area contributed by atoms with Gasteiger partial charge in [0, 0.05) is 9.92 Å². The number of hydrogen-bond donors (Lipinski definition) is 1. The third-order valence-electron chi connectivity index (χ3n) is 1.64. The molecule has 0 bridgehead atoms. The molecular weight excluding hydrogens is 224 g/mol. The summed E-state index contributed by atoms with van der Waals surface area (Å²) in [5.74, 6) is -0.135. The number of halogens is 1. The molecule has 0 radical (unpaired) electrons. The summed E-state index contributed by atoms with van der Waals surface area (Å²) in [5, 5.41) is 0.413.